The zero-order chi connectivity index (χ0) is 22.7. The van der Waals surface area contributed by atoms with Gasteiger partial charge < -0.3 is 15.4 Å². The van der Waals surface area contributed by atoms with Crippen molar-refractivity contribution in [3.63, 3.8) is 0 Å². The zero-order valence-electron chi connectivity index (χ0n) is 17.0. The number of urea groups is 1. The Balaban J connectivity index is 1.62. The molecular formula is C24H18BrF2N3O2. The molecule has 0 bridgehead atoms. The lowest BCUT2D eigenvalue weighted by molar-refractivity contribution is 0.262. The summed E-state index contributed by atoms with van der Waals surface area (Å²) in [5, 5.41) is 5.88. The van der Waals surface area contributed by atoms with Crippen LogP contribution in [0.25, 0.3) is 22.2 Å². The molecule has 162 valence electrons. The number of anilines is 2. The number of carbonyl (C=O) groups excluding carboxylic acids is 1. The van der Waals surface area contributed by atoms with Crippen molar-refractivity contribution in [1.82, 2.24) is 4.98 Å². The van der Waals surface area contributed by atoms with Gasteiger partial charge in [-0.1, -0.05) is 15.9 Å². The van der Waals surface area contributed by atoms with E-state index >= 15 is 0 Å². The summed E-state index contributed by atoms with van der Waals surface area (Å²) in [5.74, 6) is -0.291. The zero-order valence-corrected chi connectivity index (χ0v) is 18.5. The van der Waals surface area contributed by atoms with Crippen molar-refractivity contribution < 1.29 is 18.3 Å². The van der Waals surface area contributed by atoms with Gasteiger partial charge in [0, 0.05) is 27.2 Å². The predicted molar refractivity (Wildman–Crippen MR) is 125 cm³/mol. The topological polar surface area (TPSA) is 63.2 Å². The molecular weight excluding hydrogens is 480 g/mol. The van der Waals surface area contributed by atoms with Crippen LogP contribution in [0.2, 0.25) is 0 Å². The average molecular weight is 498 g/mol. The molecule has 2 N–H and O–H groups in total. The molecule has 0 spiro atoms. The number of hydrogen-bond acceptors (Lipinski definition) is 3. The molecule has 2 amide bonds. The first-order valence-corrected chi connectivity index (χ1v) is 10.6. The molecule has 3 aromatic carbocycles. The van der Waals surface area contributed by atoms with Crippen molar-refractivity contribution >= 4 is 44.2 Å². The Labute approximate surface area is 191 Å². The van der Waals surface area contributed by atoms with Crippen LogP contribution in [0.5, 0.6) is 5.75 Å². The molecule has 0 saturated heterocycles. The Bertz CT molecular complexity index is 1300. The van der Waals surface area contributed by atoms with Gasteiger partial charge in [-0.05, 0) is 67.6 Å². The Morgan fingerprint density at radius 2 is 1.78 bits per heavy atom. The van der Waals surface area contributed by atoms with Crippen LogP contribution in [0.4, 0.5) is 25.0 Å². The predicted octanol–water partition coefficient (Wildman–Crippen LogP) is 6.99. The van der Waals surface area contributed by atoms with Gasteiger partial charge in [-0.3, -0.25) is 0 Å². The molecule has 8 heteroatoms. The molecule has 0 aliphatic rings. The van der Waals surface area contributed by atoms with E-state index in [1.54, 1.807) is 42.5 Å². The third kappa shape index (κ3) is 4.86. The third-order valence-electron chi connectivity index (χ3n) is 4.65. The largest absolute Gasteiger partial charge is 0.493 e. The Kier molecular flexibility index (Phi) is 6.32. The van der Waals surface area contributed by atoms with E-state index in [9.17, 15) is 13.6 Å². The van der Waals surface area contributed by atoms with Gasteiger partial charge in [0.25, 0.3) is 0 Å². The van der Waals surface area contributed by atoms with E-state index in [1.807, 2.05) is 6.92 Å². The molecule has 0 aliphatic carbocycles. The maximum Gasteiger partial charge on any atom is 0.323 e. The average Bonchev–Trinajstić information content (AvgIpc) is 2.76. The Morgan fingerprint density at radius 3 is 2.50 bits per heavy atom. The minimum Gasteiger partial charge on any atom is -0.493 e. The minimum atomic E-state index is -0.584. The molecule has 0 fully saturated rings. The van der Waals surface area contributed by atoms with E-state index in [0.29, 0.717) is 39.1 Å². The number of halogens is 3. The first-order valence-electron chi connectivity index (χ1n) is 9.79. The number of benzene rings is 3. The summed E-state index contributed by atoms with van der Waals surface area (Å²) in [6.45, 7) is 2.30. The summed E-state index contributed by atoms with van der Waals surface area (Å²) in [6, 6.07) is 16.8. The first kappa shape index (κ1) is 21.7. The molecule has 0 saturated carbocycles. The summed E-state index contributed by atoms with van der Waals surface area (Å²) >= 11 is 3.18. The fourth-order valence-corrected chi connectivity index (χ4v) is 3.52. The van der Waals surface area contributed by atoms with E-state index in [2.05, 4.69) is 31.5 Å². The number of nitrogens with one attached hydrogen (secondary N) is 2. The number of ether oxygens (including phenoxy) is 1. The quantitative estimate of drug-likeness (QED) is 0.312. The number of fused-ring (bicyclic) bond motifs is 1. The molecule has 0 unspecified atom stereocenters. The molecule has 0 aliphatic heterocycles. The smallest absolute Gasteiger partial charge is 0.323 e. The van der Waals surface area contributed by atoms with Crippen LogP contribution in [0.1, 0.15) is 6.92 Å². The van der Waals surface area contributed by atoms with E-state index in [-0.39, 0.29) is 11.5 Å². The van der Waals surface area contributed by atoms with Crippen LogP contribution < -0.4 is 15.4 Å². The number of amides is 2. The van der Waals surface area contributed by atoms with Crippen LogP contribution in [-0.4, -0.2) is 17.6 Å². The third-order valence-corrected chi connectivity index (χ3v) is 5.14. The van der Waals surface area contributed by atoms with E-state index in [0.717, 1.165) is 5.56 Å². The van der Waals surface area contributed by atoms with Crippen molar-refractivity contribution in [2.24, 2.45) is 0 Å². The molecule has 4 rings (SSSR count). The normalized spacial score (nSPS) is 10.8. The minimum absolute atomic E-state index is 0.0621. The monoisotopic (exact) mass is 497 g/mol. The van der Waals surface area contributed by atoms with Crippen molar-refractivity contribution in [3.8, 4) is 17.0 Å². The van der Waals surface area contributed by atoms with E-state index in [1.165, 1.54) is 24.3 Å². The number of carbonyl (C=O) groups is 1. The fourth-order valence-electron chi connectivity index (χ4n) is 3.19. The number of rotatable bonds is 5. The maximum atomic E-state index is 14.0. The SMILES string of the molecule is CCOc1cc(-c2ccc(F)cc2)nc2ccc(NC(=O)Nc3ccc(Br)cc3F)cc12. The number of nitrogens with zero attached hydrogens (tertiary/aromatic N) is 1. The van der Waals surface area contributed by atoms with Crippen LogP contribution >= 0.6 is 15.9 Å². The molecule has 1 heterocycles. The lowest BCUT2D eigenvalue weighted by Crippen LogP contribution is -2.20. The van der Waals surface area contributed by atoms with Crippen molar-refractivity contribution in [3.05, 3.63) is 82.8 Å². The number of hydrogen-bond donors (Lipinski definition) is 2. The summed E-state index contributed by atoms with van der Waals surface area (Å²) in [6.07, 6.45) is 0. The van der Waals surface area contributed by atoms with Gasteiger partial charge in [0.05, 0.1) is 23.5 Å². The van der Waals surface area contributed by atoms with Gasteiger partial charge in [0.15, 0.2) is 0 Å². The highest BCUT2D eigenvalue weighted by Gasteiger charge is 2.12. The highest BCUT2D eigenvalue weighted by molar-refractivity contribution is 9.10. The lowest BCUT2D eigenvalue weighted by Gasteiger charge is -2.13. The summed E-state index contributed by atoms with van der Waals surface area (Å²) < 4.78 is 33.6. The van der Waals surface area contributed by atoms with E-state index < -0.39 is 11.8 Å². The summed E-state index contributed by atoms with van der Waals surface area (Å²) in [5.41, 5.74) is 2.61. The lowest BCUT2D eigenvalue weighted by atomic mass is 10.1. The van der Waals surface area contributed by atoms with Crippen molar-refractivity contribution in [2.45, 2.75) is 6.92 Å². The van der Waals surface area contributed by atoms with Crippen molar-refractivity contribution in [1.29, 1.82) is 0 Å². The first-order chi connectivity index (χ1) is 15.4. The van der Waals surface area contributed by atoms with Gasteiger partial charge in [-0.2, -0.15) is 0 Å². The Morgan fingerprint density at radius 1 is 1.00 bits per heavy atom. The fraction of sp³-hybridized carbons (Fsp3) is 0.0833. The van der Waals surface area contributed by atoms with Gasteiger partial charge in [0.2, 0.25) is 0 Å². The number of aromatic nitrogens is 1. The standard InChI is InChI=1S/C24H18BrF2N3O2/c1-2-32-23-13-22(14-3-6-16(26)7-4-14)29-20-10-8-17(12-18(20)23)28-24(31)30-21-9-5-15(25)11-19(21)27/h3-13H,2H2,1H3,(H2,28,30,31). The van der Waals surface area contributed by atoms with Gasteiger partial charge >= 0.3 is 6.03 Å². The van der Waals surface area contributed by atoms with Crippen LogP contribution in [0.3, 0.4) is 0 Å². The van der Waals surface area contributed by atoms with Gasteiger partial charge in [-0.15, -0.1) is 0 Å². The van der Waals surface area contributed by atoms with E-state index in [4.69, 9.17) is 4.74 Å². The summed E-state index contributed by atoms with van der Waals surface area (Å²) in [4.78, 5) is 17.0. The molecule has 5 nitrogen and oxygen atoms in total. The van der Waals surface area contributed by atoms with Crippen LogP contribution in [0, 0.1) is 11.6 Å². The Hall–Kier alpha value is -3.52. The molecule has 32 heavy (non-hydrogen) atoms. The van der Waals surface area contributed by atoms with Crippen LogP contribution in [0.15, 0.2) is 71.2 Å². The summed E-state index contributed by atoms with van der Waals surface area (Å²) in [7, 11) is 0. The number of pyridine rings is 1. The second-order valence-corrected chi connectivity index (χ2v) is 7.80. The van der Waals surface area contributed by atoms with Crippen LogP contribution in [-0.2, 0) is 0 Å². The molecule has 4 aromatic rings. The second kappa shape index (κ2) is 9.32. The second-order valence-electron chi connectivity index (χ2n) is 6.88. The highest BCUT2D eigenvalue weighted by atomic mass is 79.9. The molecule has 0 radical (unpaired) electrons. The van der Waals surface area contributed by atoms with Crippen molar-refractivity contribution in [2.75, 3.05) is 17.2 Å². The van der Waals surface area contributed by atoms with Gasteiger partial charge in [-0.25, -0.2) is 18.6 Å². The van der Waals surface area contributed by atoms with Gasteiger partial charge in [0.1, 0.15) is 17.4 Å². The molecule has 0 atom stereocenters. The molecule has 1 aromatic heterocycles. The maximum absolute atomic E-state index is 14.0. The highest BCUT2D eigenvalue weighted by Crippen LogP contribution is 2.32.